The van der Waals surface area contributed by atoms with Gasteiger partial charge in [-0.2, -0.15) is 16.1 Å². The van der Waals surface area contributed by atoms with Crippen molar-refractivity contribution in [2.75, 3.05) is 25.9 Å². The van der Waals surface area contributed by atoms with Crippen molar-refractivity contribution in [1.29, 1.82) is 0 Å². The molecule has 7 heteroatoms. The predicted molar refractivity (Wildman–Crippen MR) is 79.8 cm³/mol. The van der Waals surface area contributed by atoms with E-state index in [4.69, 9.17) is 0 Å². The number of halogens is 1. The fourth-order valence-electron chi connectivity index (χ4n) is 2.19. The Bertz CT molecular complexity index is 578. The Kier molecular flexibility index (Phi) is 5.06. The van der Waals surface area contributed by atoms with Crippen LogP contribution in [0.5, 0.6) is 0 Å². The van der Waals surface area contributed by atoms with Crippen LogP contribution in [0.3, 0.4) is 0 Å². The molecule has 1 aromatic carbocycles. The molecule has 4 nitrogen and oxygen atoms in total. The van der Waals surface area contributed by atoms with Crippen molar-refractivity contribution in [3.8, 4) is 0 Å². The lowest BCUT2D eigenvalue weighted by Gasteiger charge is -2.29. The molecular formula is C13H19FN2O2S2. The molecule has 1 aliphatic rings. The average molecular weight is 318 g/mol. The Hall–Kier alpha value is -0.630. The van der Waals surface area contributed by atoms with Crippen LogP contribution in [0.1, 0.15) is 12.5 Å². The number of hydrogen-bond donors (Lipinski definition) is 1. The molecule has 1 saturated heterocycles. The Balaban J connectivity index is 2.31. The third-order valence-electron chi connectivity index (χ3n) is 3.23. The van der Waals surface area contributed by atoms with Crippen LogP contribution in [0.25, 0.3) is 0 Å². The topological polar surface area (TPSA) is 49.4 Å². The lowest BCUT2D eigenvalue weighted by molar-refractivity contribution is 0.424. The first-order chi connectivity index (χ1) is 9.45. The fraction of sp³-hybridized carbons (Fsp3) is 0.538. The van der Waals surface area contributed by atoms with E-state index in [1.54, 1.807) is 18.8 Å². The van der Waals surface area contributed by atoms with E-state index < -0.39 is 10.0 Å². The maximum absolute atomic E-state index is 13.6. The highest BCUT2D eigenvalue weighted by Crippen LogP contribution is 2.25. The van der Waals surface area contributed by atoms with Crippen LogP contribution in [0.4, 0.5) is 4.39 Å². The van der Waals surface area contributed by atoms with E-state index in [-0.39, 0.29) is 16.0 Å². The molecule has 2 rings (SSSR count). The van der Waals surface area contributed by atoms with E-state index in [9.17, 15) is 12.8 Å². The van der Waals surface area contributed by atoms with Gasteiger partial charge in [-0.15, -0.1) is 0 Å². The molecule has 1 heterocycles. The van der Waals surface area contributed by atoms with Crippen LogP contribution >= 0.6 is 11.8 Å². The molecule has 0 radical (unpaired) electrons. The van der Waals surface area contributed by atoms with Crippen LogP contribution in [-0.2, 0) is 16.6 Å². The SMILES string of the molecule is CNCc1cc(S(=O)(=O)N2CCSC(C)C2)ccc1F. The summed E-state index contributed by atoms with van der Waals surface area (Å²) >= 11 is 1.77. The van der Waals surface area contributed by atoms with E-state index in [0.717, 1.165) is 5.75 Å². The first-order valence-corrected chi connectivity index (χ1v) is 8.99. The second-order valence-corrected chi connectivity index (χ2v) is 8.31. The van der Waals surface area contributed by atoms with Crippen LogP contribution in [0.2, 0.25) is 0 Å². The molecule has 0 aromatic heterocycles. The van der Waals surface area contributed by atoms with Gasteiger partial charge in [0.05, 0.1) is 4.90 Å². The van der Waals surface area contributed by atoms with Gasteiger partial charge in [-0.25, -0.2) is 12.8 Å². The van der Waals surface area contributed by atoms with E-state index in [0.29, 0.717) is 25.2 Å². The minimum Gasteiger partial charge on any atom is -0.316 e. The van der Waals surface area contributed by atoms with Crippen molar-refractivity contribution >= 4 is 21.8 Å². The zero-order valence-electron chi connectivity index (χ0n) is 11.6. The summed E-state index contributed by atoms with van der Waals surface area (Å²) in [5, 5.41) is 3.13. The zero-order chi connectivity index (χ0) is 14.8. The number of thioether (sulfide) groups is 1. The monoisotopic (exact) mass is 318 g/mol. The molecule has 0 spiro atoms. The number of hydrogen-bond acceptors (Lipinski definition) is 4. The molecular weight excluding hydrogens is 299 g/mol. The van der Waals surface area contributed by atoms with Gasteiger partial charge in [-0.1, -0.05) is 6.92 Å². The second kappa shape index (κ2) is 6.43. The number of nitrogens with one attached hydrogen (secondary N) is 1. The van der Waals surface area contributed by atoms with Gasteiger partial charge in [-0.05, 0) is 25.2 Å². The summed E-state index contributed by atoms with van der Waals surface area (Å²) in [5.41, 5.74) is 0.369. The minimum atomic E-state index is -3.53. The van der Waals surface area contributed by atoms with Gasteiger partial charge >= 0.3 is 0 Å². The Morgan fingerprint density at radius 2 is 2.25 bits per heavy atom. The van der Waals surface area contributed by atoms with Gasteiger partial charge in [-0.3, -0.25) is 0 Å². The lowest BCUT2D eigenvalue weighted by Crippen LogP contribution is -2.41. The van der Waals surface area contributed by atoms with Gasteiger partial charge in [0.15, 0.2) is 0 Å². The van der Waals surface area contributed by atoms with E-state index in [1.165, 1.54) is 22.5 Å². The number of rotatable bonds is 4. The number of nitrogens with zero attached hydrogens (tertiary/aromatic N) is 1. The molecule has 1 aliphatic heterocycles. The molecule has 1 fully saturated rings. The first kappa shape index (κ1) is 15.8. The quantitative estimate of drug-likeness (QED) is 0.917. The van der Waals surface area contributed by atoms with Gasteiger partial charge in [0.2, 0.25) is 10.0 Å². The van der Waals surface area contributed by atoms with E-state index in [2.05, 4.69) is 5.32 Å². The molecule has 1 aromatic rings. The van der Waals surface area contributed by atoms with E-state index in [1.807, 2.05) is 6.92 Å². The van der Waals surface area contributed by atoms with Crippen LogP contribution in [-0.4, -0.2) is 43.9 Å². The summed E-state index contributed by atoms with van der Waals surface area (Å²) in [6.07, 6.45) is 0. The van der Waals surface area contributed by atoms with E-state index >= 15 is 0 Å². The largest absolute Gasteiger partial charge is 0.316 e. The molecule has 1 N–H and O–H groups in total. The van der Waals surface area contributed by atoms with Gasteiger partial charge in [0.25, 0.3) is 0 Å². The maximum Gasteiger partial charge on any atom is 0.243 e. The number of sulfonamides is 1. The third kappa shape index (κ3) is 3.33. The summed E-state index contributed by atoms with van der Waals surface area (Å²) in [5.74, 6) is 0.409. The van der Waals surface area contributed by atoms with Gasteiger partial charge < -0.3 is 5.32 Å². The normalized spacial score (nSPS) is 21.1. The van der Waals surface area contributed by atoms with Crippen molar-refractivity contribution in [1.82, 2.24) is 9.62 Å². The van der Waals surface area contributed by atoms with Crippen molar-refractivity contribution in [2.45, 2.75) is 23.6 Å². The van der Waals surface area contributed by atoms with Crippen LogP contribution in [0, 0.1) is 5.82 Å². The van der Waals surface area contributed by atoms with Crippen LogP contribution in [0.15, 0.2) is 23.1 Å². The second-order valence-electron chi connectivity index (χ2n) is 4.83. The standard InChI is InChI=1S/C13H19FN2O2S2/c1-10-9-16(5-6-19-10)20(17,18)12-3-4-13(14)11(7-12)8-15-2/h3-4,7,10,15H,5-6,8-9H2,1-2H3. The van der Waals surface area contributed by atoms with Crippen molar-refractivity contribution < 1.29 is 12.8 Å². The molecule has 0 amide bonds. The highest BCUT2D eigenvalue weighted by Gasteiger charge is 2.29. The summed E-state index contributed by atoms with van der Waals surface area (Å²) in [6.45, 7) is 3.34. The predicted octanol–water partition coefficient (Wildman–Crippen LogP) is 1.67. The Morgan fingerprint density at radius 3 is 2.90 bits per heavy atom. The Morgan fingerprint density at radius 1 is 1.50 bits per heavy atom. The molecule has 0 saturated carbocycles. The molecule has 0 bridgehead atoms. The molecule has 1 atom stereocenters. The fourth-order valence-corrected chi connectivity index (χ4v) is 5.00. The number of benzene rings is 1. The summed E-state index contributed by atoms with van der Waals surface area (Å²) in [7, 11) is -1.83. The average Bonchev–Trinajstić information content (AvgIpc) is 2.41. The summed E-state index contributed by atoms with van der Waals surface area (Å²) < 4.78 is 40.2. The summed E-state index contributed by atoms with van der Waals surface area (Å²) in [4.78, 5) is 0.170. The molecule has 1 unspecified atom stereocenters. The smallest absolute Gasteiger partial charge is 0.243 e. The summed E-state index contributed by atoms with van der Waals surface area (Å²) in [6, 6.07) is 3.99. The third-order valence-corrected chi connectivity index (χ3v) is 6.22. The maximum atomic E-state index is 13.6. The highest BCUT2D eigenvalue weighted by molar-refractivity contribution is 8.00. The van der Waals surface area contributed by atoms with Crippen molar-refractivity contribution in [3.05, 3.63) is 29.6 Å². The lowest BCUT2D eigenvalue weighted by atomic mass is 10.2. The Labute approximate surface area is 123 Å². The van der Waals surface area contributed by atoms with Crippen molar-refractivity contribution in [2.24, 2.45) is 0 Å². The zero-order valence-corrected chi connectivity index (χ0v) is 13.2. The first-order valence-electron chi connectivity index (χ1n) is 6.50. The molecule has 0 aliphatic carbocycles. The molecule has 20 heavy (non-hydrogen) atoms. The highest BCUT2D eigenvalue weighted by atomic mass is 32.2. The van der Waals surface area contributed by atoms with Gasteiger partial charge in [0.1, 0.15) is 5.82 Å². The van der Waals surface area contributed by atoms with Crippen molar-refractivity contribution in [3.63, 3.8) is 0 Å². The van der Waals surface area contributed by atoms with Crippen LogP contribution < -0.4 is 5.32 Å². The van der Waals surface area contributed by atoms with Gasteiger partial charge in [0, 0.05) is 36.2 Å². The minimum absolute atomic E-state index is 0.170. The molecule has 112 valence electrons.